The van der Waals surface area contributed by atoms with Gasteiger partial charge in [-0.15, -0.1) is 0 Å². The average molecular weight is 474 g/mol. The van der Waals surface area contributed by atoms with Crippen LogP contribution in [-0.2, 0) is 15.7 Å². The maximum atomic E-state index is 13.0. The van der Waals surface area contributed by atoms with Gasteiger partial charge in [0.05, 0.1) is 36.5 Å². The fraction of sp³-hybridized carbons (Fsp3) is 0.375. The molecule has 0 radical (unpaired) electrons. The highest BCUT2D eigenvalue weighted by Crippen LogP contribution is 2.30. The van der Waals surface area contributed by atoms with Gasteiger partial charge < -0.3 is 15.0 Å². The number of carbonyl (C=O) groups is 2. The van der Waals surface area contributed by atoms with Gasteiger partial charge in [0.15, 0.2) is 0 Å². The van der Waals surface area contributed by atoms with E-state index in [0.29, 0.717) is 24.4 Å². The molecule has 2 aromatic rings. The second kappa shape index (κ2) is 9.46. The second-order valence-electron chi connectivity index (χ2n) is 8.38. The molecule has 2 aliphatic rings. The molecule has 2 aliphatic heterocycles. The summed E-state index contributed by atoms with van der Waals surface area (Å²) in [6.07, 6.45) is -4.42. The van der Waals surface area contributed by atoms with Crippen molar-refractivity contribution in [3.8, 4) is 0 Å². The smallest absolute Gasteiger partial charge is 0.370 e. The number of morpholine rings is 1. The Morgan fingerprint density at radius 1 is 1.15 bits per heavy atom. The fourth-order valence-corrected chi connectivity index (χ4v) is 4.00. The van der Waals surface area contributed by atoms with E-state index in [4.69, 9.17) is 4.74 Å². The van der Waals surface area contributed by atoms with Crippen molar-refractivity contribution in [1.29, 1.82) is 0 Å². The Bertz CT molecular complexity index is 1080. The minimum atomic E-state index is -4.42. The normalized spacial score (nSPS) is 19.7. The molecular weight excluding hydrogens is 449 g/mol. The number of halogens is 3. The zero-order valence-corrected chi connectivity index (χ0v) is 18.8. The number of benzene rings is 2. The van der Waals surface area contributed by atoms with E-state index in [1.165, 1.54) is 17.1 Å². The van der Waals surface area contributed by atoms with Crippen LogP contribution in [0.3, 0.4) is 0 Å². The summed E-state index contributed by atoms with van der Waals surface area (Å²) in [4.78, 5) is 27.2. The summed E-state index contributed by atoms with van der Waals surface area (Å²) < 4.78 is 43.7. The van der Waals surface area contributed by atoms with Gasteiger partial charge in [-0.25, -0.2) is 9.80 Å². The predicted octanol–water partition coefficient (Wildman–Crippen LogP) is 3.73. The van der Waals surface area contributed by atoms with Crippen LogP contribution in [0.25, 0.3) is 0 Å². The van der Waals surface area contributed by atoms with Gasteiger partial charge >= 0.3 is 12.2 Å². The first-order valence-corrected chi connectivity index (χ1v) is 10.9. The molecule has 10 heteroatoms. The number of rotatable bonds is 4. The van der Waals surface area contributed by atoms with Gasteiger partial charge in [0.2, 0.25) is 5.91 Å². The summed E-state index contributed by atoms with van der Waals surface area (Å²) in [6.45, 7) is 4.59. The summed E-state index contributed by atoms with van der Waals surface area (Å²) >= 11 is 0. The molecule has 2 heterocycles. The van der Waals surface area contributed by atoms with Crippen molar-refractivity contribution in [2.45, 2.75) is 32.1 Å². The lowest BCUT2D eigenvalue weighted by Crippen LogP contribution is -2.52. The van der Waals surface area contributed by atoms with Crippen molar-refractivity contribution in [2.75, 3.05) is 26.3 Å². The molecule has 1 fully saturated rings. The molecular formula is C24H25F3N4O3. The molecule has 0 aliphatic carbocycles. The Labute approximate surface area is 195 Å². The van der Waals surface area contributed by atoms with Gasteiger partial charge in [0.1, 0.15) is 6.61 Å². The quantitative estimate of drug-likeness (QED) is 0.734. The second-order valence-corrected chi connectivity index (χ2v) is 8.38. The number of carbonyl (C=O) groups excluding carboxylic acids is 2. The van der Waals surface area contributed by atoms with Crippen molar-refractivity contribution in [3.63, 3.8) is 0 Å². The summed E-state index contributed by atoms with van der Waals surface area (Å²) in [6, 6.07) is 10.9. The van der Waals surface area contributed by atoms with E-state index < -0.39 is 29.9 Å². The maximum absolute atomic E-state index is 13.0. The lowest BCUT2D eigenvalue weighted by Gasteiger charge is -2.33. The van der Waals surface area contributed by atoms with E-state index in [-0.39, 0.29) is 19.1 Å². The number of ether oxygens (including phenoxy) is 1. The van der Waals surface area contributed by atoms with Crippen LogP contribution in [-0.4, -0.2) is 59.9 Å². The number of aryl methyl sites for hydroxylation is 1. The Balaban J connectivity index is 1.52. The highest BCUT2D eigenvalue weighted by atomic mass is 19.4. The summed E-state index contributed by atoms with van der Waals surface area (Å²) in [5.74, 6) is -0.170. The molecule has 1 saturated heterocycles. The van der Waals surface area contributed by atoms with Crippen LogP contribution >= 0.6 is 0 Å². The highest BCUT2D eigenvalue weighted by molar-refractivity contribution is 6.08. The van der Waals surface area contributed by atoms with Crippen LogP contribution in [0, 0.1) is 6.92 Å². The molecule has 3 amide bonds. The number of alkyl halides is 3. The van der Waals surface area contributed by atoms with E-state index in [9.17, 15) is 22.8 Å². The van der Waals surface area contributed by atoms with Gasteiger partial charge in [-0.3, -0.25) is 4.79 Å². The molecule has 1 unspecified atom stereocenters. The Kier molecular flexibility index (Phi) is 6.60. The number of nitrogens with zero attached hydrogens (tertiary/aromatic N) is 3. The fourth-order valence-electron chi connectivity index (χ4n) is 4.00. The summed E-state index contributed by atoms with van der Waals surface area (Å²) in [5, 5.41) is 8.58. The monoisotopic (exact) mass is 474 g/mol. The van der Waals surface area contributed by atoms with Crippen LogP contribution in [0.5, 0.6) is 0 Å². The van der Waals surface area contributed by atoms with E-state index in [2.05, 4.69) is 10.4 Å². The van der Waals surface area contributed by atoms with Crippen LogP contribution in [0.2, 0.25) is 0 Å². The summed E-state index contributed by atoms with van der Waals surface area (Å²) in [7, 11) is 0. The van der Waals surface area contributed by atoms with E-state index in [1.807, 2.05) is 31.2 Å². The van der Waals surface area contributed by atoms with E-state index in [0.717, 1.165) is 23.3 Å². The lowest BCUT2D eigenvalue weighted by molar-refractivity contribution is -0.144. The molecule has 34 heavy (non-hydrogen) atoms. The van der Waals surface area contributed by atoms with Crippen molar-refractivity contribution in [1.82, 2.24) is 15.2 Å². The number of amides is 3. The highest BCUT2D eigenvalue weighted by Gasteiger charge is 2.38. The average Bonchev–Trinajstić information content (AvgIpc) is 3.25. The molecule has 2 aromatic carbocycles. The molecule has 7 nitrogen and oxygen atoms in total. The zero-order chi connectivity index (χ0) is 24.5. The lowest BCUT2D eigenvalue weighted by atomic mass is 10.0. The van der Waals surface area contributed by atoms with Crippen LogP contribution < -0.4 is 5.32 Å². The predicted molar refractivity (Wildman–Crippen MR) is 119 cm³/mol. The van der Waals surface area contributed by atoms with Gasteiger partial charge in [0.25, 0.3) is 0 Å². The molecule has 1 N–H and O–H groups in total. The van der Waals surface area contributed by atoms with Gasteiger partial charge in [-0.1, -0.05) is 42.0 Å². The van der Waals surface area contributed by atoms with Crippen LogP contribution in [0.4, 0.5) is 18.0 Å². The van der Waals surface area contributed by atoms with Crippen molar-refractivity contribution >= 4 is 17.6 Å². The van der Waals surface area contributed by atoms with Crippen LogP contribution in [0.15, 0.2) is 53.6 Å². The maximum Gasteiger partial charge on any atom is 0.416 e. The Morgan fingerprint density at radius 3 is 2.44 bits per heavy atom. The van der Waals surface area contributed by atoms with Crippen LogP contribution in [0.1, 0.15) is 35.2 Å². The SMILES string of the molecule is Cc1ccc(C2=NN(C(=O)NC(C)c3ccc(C(F)(F)F)cc3)C[C@H]2N2CCOCC2=O)cc1. The van der Waals surface area contributed by atoms with Crippen molar-refractivity contribution < 1.29 is 27.5 Å². The van der Waals surface area contributed by atoms with Gasteiger partial charge in [0, 0.05) is 6.54 Å². The third kappa shape index (κ3) is 5.06. The third-order valence-corrected chi connectivity index (χ3v) is 5.95. The van der Waals surface area contributed by atoms with E-state index in [1.54, 1.807) is 11.8 Å². The molecule has 0 spiro atoms. The molecule has 0 bridgehead atoms. The first-order valence-electron chi connectivity index (χ1n) is 10.9. The molecule has 2 atom stereocenters. The first kappa shape index (κ1) is 23.7. The molecule has 0 aromatic heterocycles. The minimum Gasteiger partial charge on any atom is -0.370 e. The molecule has 0 saturated carbocycles. The topological polar surface area (TPSA) is 74.2 Å². The number of hydrogen-bond donors (Lipinski definition) is 1. The minimum absolute atomic E-state index is 0.0190. The number of hydrazone groups is 1. The van der Waals surface area contributed by atoms with Crippen molar-refractivity contribution in [3.05, 3.63) is 70.8 Å². The van der Waals surface area contributed by atoms with Gasteiger partial charge in [-0.05, 0) is 37.1 Å². The Morgan fingerprint density at radius 2 is 1.82 bits per heavy atom. The van der Waals surface area contributed by atoms with E-state index >= 15 is 0 Å². The largest absolute Gasteiger partial charge is 0.416 e. The summed E-state index contributed by atoms with van der Waals surface area (Å²) in [5.41, 5.74) is 2.26. The first-order chi connectivity index (χ1) is 16.1. The number of nitrogens with one attached hydrogen (secondary N) is 1. The number of urea groups is 1. The number of hydrogen-bond acceptors (Lipinski definition) is 4. The zero-order valence-electron chi connectivity index (χ0n) is 18.8. The third-order valence-electron chi connectivity index (χ3n) is 5.95. The Hall–Kier alpha value is -3.40. The standard InChI is InChI=1S/C24H25F3N4O3/c1-15-3-5-18(6-4-15)22-20(30-11-12-34-14-21(30)32)13-31(29-22)23(33)28-16(2)17-7-9-19(10-8-17)24(25,26)27/h3-10,16,20H,11-14H2,1-2H3,(H,28,33)/t16?,20-/m1/s1. The van der Waals surface area contributed by atoms with Gasteiger partial charge in [-0.2, -0.15) is 18.3 Å². The molecule has 4 rings (SSSR count). The molecule has 180 valence electrons. The van der Waals surface area contributed by atoms with Crippen molar-refractivity contribution in [2.24, 2.45) is 5.10 Å².